The number of hydrogen-bond donors (Lipinski definition) is 1. The number of aliphatic hydroxyl groups excluding tert-OH is 1. The summed E-state index contributed by atoms with van der Waals surface area (Å²) in [4.78, 5) is 17.1. The van der Waals surface area contributed by atoms with Gasteiger partial charge in [0.25, 0.3) is 0 Å². The van der Waals surface area contributed by atoms with E-state index in [1.807, 2.05) is 23.1 Å². The van der Waals surface area contributed by atoms with E-state index < -0.39 is 0 Å². The summed E-state index contributed by atoms with van der Waals surface area (Å²) in [6, 6.07) is 10.3. The third-order valence-electron chi connectivity index (χ3n) is 4.77. The van der Waals surface area contributed by atoms with Crippen LogP contribution in [0.2, 0.25) is 0 Å². The van der Waals surface area contributed by atoms with Crippen LogP contribution in [0.15, 0.2) is 30.3 Å². The molecule has 1 saturated carbocycles. The Labute approximate surface area is 126 Å². The minimum Gasteiger partial charge on any atom is -0.395 e. The SMILES string of the molecule is O=C(N1CCN(CCO)CC1)C1(Cc2ccccc2)CC1. The first-order valence-electron chi connectivity index (χ1n) is 7.90. The number of amides is 1. The maximum atomic E-state index is 12.8. The van der Waals surface area contributed by atoms with Crippen LogP contribution in [0.5, 0.6) is 0 Å². The Morgan fingerprint density at radius 1 is 1.10 bits per heavy atom. The van der Waals surface area contributed by atoms with Gasteiger partial charge in [-0.15, -0.1) is 0 Å². The molecular weight excluding hydrogens is 264 g/mol. The summed E-state index contributed by atoms with van der Waals surface area (Å²) < 4.78 is 0. The molecule has 0 bridgehead atoms. The van der Waals surface area contributed by atoms with E-state index in [4.69, 9.17) is 5.11 Å². The largest absolute Gasteiger partial charge is 0.395 e. The van der Waals surface area contributed by atoms with Crippen LogP contribution in [0.25, 0.3) is 0 Å². The van der Waals surface area contributed by atoms with E-state index in [-0.39, 0.29) is 12.0 Å². The van der Waals surface area contributed by atoms with Crippen molar-refractivity contribution < 1.29 is 9.90 Å². The highest BCUT2D eigenvalue weighted by atomic mass is 16.3. The van der Waals surface area contributed by atoms with E-state index >= 15 is 0 Å². The van der Waals surface area contributed by atoms with E-state index in [0.717, 1.165) is 52.0 Å². The zero-order chi connectivity index (χ0) is 14.7. The van der Waals surface area contributed by atoms with Crippen molar-refractivity contribution in [2.75, 3.05) is 39.3 Å². The smallest absolute Gasteiger partial charge is 0.229 e. The first kappa shape index (κ1) is 14.5. The molecule has 0 aromatic heterocycles. The number of hydrogen-bond acceptors (Lipinski definition) is 3. The lowest BCUT2D eigenvalue weighted by Gasteiger charge is -2.36. The summed E-state index contributed by atoms with van der Waals surface area (Å²) >= 11 is 0. The molecule has 1 saturated heterocycles. The number of carbonyl (C=O) groups is 1. The van der Waals surface area contributed by atoms with Crippen molar-refractivity contribution in [1.29, 1.82) is 0 Å². The summed E-state index contributed by atoms with van der Waals surface area (Å²) in [5.41, 5.74) is 1.14. The predicted molar refractivity (Wildman–Crippen MR) is 81.9 cm³/mol. The molecule has 1 heterocycles. The number of aliphatic hydroxyl groups is 1. The maximum Gasteiger partial charge on any atom is 0.229 e. The fraction of sp³-hybridized carbons (Fsp3) is 0.588. The minimum absolute atomic E-state index is 0.125. The highest BCUT2D eigenvalue weighted by Gasteiger charge is 2.51. The third kappa shape index (κ3) is 3.27. The standard InChI is InChI=1S/C17H24N2O2/c20-13-12-18-8-10-19(11-9-18)16(21)17(6-7-17)14-15-4-2-1-3-5-15/h1-5,20H,6-14H2. The van der Waals surface area contributed by atoms with Crippen LogP contribution in [0.4, 0.5) is 0 Å². The van der Waals surface area contributed by atoms with Crippen LogP contribution in [-0.4, -0.2) is 60.1 Å². The molecule has 1 aliphatic carbocycles. The second-order valence-corrected chi connectivity index (χ2v) is 6.30. The molecule has 3 rings (SSSR count). The van der Waals surface area contributed by atoms with Crippen molar-refractivity contribution >= 4 is 5.91 Å². The molecule has 1 aromatic carbocycles. The van der Waals surface area contributed by atoms with Gasteiger partial charge < -0.3 is 10.0 Å². The molecule has 2 aliphatic rings. The van der Waals surface area contributed by atoms with Crippen molar-refractivity contribution in [1.82, 2.24) is 9.80 Å². The van der Waals surface area contributed by atoms with Crippen LogP contribution in [0.3, 0.4) is 0 Å². The Hall–Kier alpha value is -1.39. The Morgan fingerprint density at radius 3 is 2.33 bits per heavy atom. The minimum atomic E-state index is -0.125. The van der Waals surface area contributed by atoms with Gasteiger partial charge in [-0.05, 0) is 24.8 Å². The fourth-order valence-electron chi connectivity index (χ4n) is 3.26. The van der Waals surface area contributed by atoms with Gasteiger partial charge in [0.2, 0.25) is 5.91 Å². The molecule has 4 heteroatoms. The number of nitrogens with zero attached hydrogens (tertiary/aromatic N) is 2. The molecule has 1 amide bonds. The third-order valence-corrected chi connectivity index (χ3v) is 4.77. The topological polar surface area (TPSA) is 43.8 Å². The molecule has 114 valence electrons. The lowest BCUT2D eigenvalue weighted by molar-refractivity contribution is -0.138. The highest BCUT2D eigenvalue weighted by Crippen LogP contribution is 2.50. The average Bonchev–Trinajstić information content (AvgIpc) is 3.29. The molecule has 0 atom stereocenters. The summed E-state index contributed by atoms with van der Waals surface area (Å²) in [7, 11) is 0. The second kappa shape index (κ2) is 6.16. The van der Waals surface area contributed by atoms with Crippen LogP contribution in [0, 0.1) is 5.41 Å². The Balaban J connectivity index is 1.58. The quantitative estimate of drug-likeness (QED) is 0.884. The van der Waals surface area contributed by atoms with Gasteiger partial charge in [-0.1, -0.05) is 30.3 Å². The highest BCUT2D eigenvalue weighted by molar-refractivity contribution is 5.85. The summed E-state index contributed by atoms with van der Waals surface area (Å²) in [5, 5.41) is 8.97. The van der Waals surface area contributed by atoms with Crippen molar-refractivity contribution in [3.05, 3.63) is 35.9 Å². The zero-order valence-electron chi connectivity index (χ0n) is 12.5. The Morgan fingerprint density at radius 2 is 1.76 bits per heavy atom. The van der Waals surface area contributed by atoms with Crippen molar-refractivity contribution in [3.63, 3.8) is 0 Å². The van der Waals surface area contributed by atoms with E-state index in [0.29, 0.717) is 5.91 Å². The van der Waals surface area contributed by atoms with Gasteiger partial charge in [-0.3, -0.25) is 9.69 Å². The molecular formula is C17H24N2O2. The van der Waals surface area contributed by atoms with Crippen LogP contribution in [-0.2, 0) is 11.2 Å². The number of carbonyl (C=O) groups excluding carboxylic acids is 1. The normalized spacial score (nSPS) is 21.3. The Kier molecular flexibility index (Phi) is 4.27. The van der Waals surface area contributed by atoms with Gasteiger partial charge in [-0.2, -0.15) is 0 Å². The zero-order valence-corrected chi connectivity index (χ0v) is 12.5. The van der Waals surface area contributed by atoms with Crippen molar-refractivity contribution in [2.45, 2.75) is 19.3 Å². The molecule has 0 radical (unpaired) electrons. The monoisotopic (exact) mass is 288 g/mol. The Bertz CT molecular complexity index is 477. The molecule has 1 N–H and O–H groups in total. The summed E-state index contributed by atoms with van der Waals surface area (Å²) in [6.45, 7) is 4.29. The predicted octanol–water partition coefficient (Wildman–Crippen LogP) is 1.15. The van der Waals surface area contributed by atoms with E-state index in [1.54, 1.807) is 0 Å². The summed E-state index contributed by atoms with van der Waals surface area (Å²) in [6.07, 6.45) is 2.93. The fourth-order valence-corrected chi connectivity index (χ4v) is 3.26. The van der Waals surface area contributed by atoms with Gasteiger partial charge in [0.15, 0.2) is 0 Å². The second-order valence-electron chi connectivity index (χ2n) is 6.30. The first-order valence-corrected chi connectivity index (χ1v) is 7.90. The van der Waals surface area contributed by atoms with Gasteiger partial charge in [0, 0.05) is 32.7 Å². The van der Waals surface area contributed by atoms with E-state index in [1.165, 1.54) is 5.56 Å². The number of rotatable bonds is 5. The number of piperazine rings is 1. The molecule has 2 fully saturated rings. The first-order chi connectivity index (χ1) is 10.2. The molecule has 0 spiro atoms. The molecule has 1 aromatic rings. The maximum absolute atomic E-state index is 12.8. The average molecular weight is 288 g/mol. The molecule has 1 aliphatic heterocycles. The van der Waals surface area contributed by atoms with Crippen molar-refractivity contribution in [2.24, 2.45) is 5.41 Å². The van der Waals surface area contributed by atoms with Gasteiger partial charge in [0.05, 0.1) is 12.0 Å². The van der Waals surface area contributed by atoms with Crippen LogP contribution < -0.4 is 0 Å². The van der Waals surface area contributed by atoms with Gasteiger partial charge >= 0.3 is 0 Å². The molecule has 21 heavy (non-hydrogen) atoms. The lowest BCUT2D eigenvalue weighted by Crippen LogP contribution is -2.51. The van der Waals surface area contributed by atoms with E-state index in [2.05, 4.69) is 17.0 Å². The molecule has 4 nitrogen and oxygen atoms in total. The van der Waals surface area contributed by atoms with E-state index in [9.17, 15) is 4.79 Å². The number of β-amino-alcohol motifs (C(OH)–C–C–N with tert-alkyl or cyclic N) is 1. The van der Waals surface area contributed by atoms with Crippen LogP contribution in [0.1, 0.15) is 18.4 Å². The van der Waals surface area contributed by atoms with Crippen LogP contribution >= 0.6 is 0 Å². The van der Waals surface area contributed by atoms with Gasteiger partial charge in [-0.25, -0.2) is 0 Å². The van der Waals surface area contributed by atoms with Crippen molar-refractivity contribution in [3.8, 4) is 0 Å². The van der Waals surface area contributed by atoms with Gasteiger partial charge in [0.1, 0.15) is 0 Å². The number of benzene rings is 1. The summed E-state index contributed by atoms with van der Waals surface area (Å²) in [5.74, 6) is 0.343. The lowest BCUT2D eigenvalue weighted by atomic mass is 9.94. The molecule has 0 unspecified atom stereocenters.